The molecular formula is C19H29NO. The summed E-state index contributed by atoms with van der Waals surface area (Å²) in [4.78, 5) is 0. The van der Waals surface area contributed by atoms with Crippen molar-refractivity contribution in [1.29, 1.82) is 0 Å². The predicted octanol–water partition coefficient (Wildman–Crippen LogP) is 4.63. The first kappa shape index (κ1) is 14.9. The van der Waals surface area contributed by atoms with Crippen LogP contribution >= 0.6 is 0 Å². The number of benzene rings is 1. The minimum absolute atomic E-state index is 0.0407. The van der Waals surface area contributed by atoms with Gasteiger partial charge in [0.1, 0.15) is 5.75 Å². The molecule has 1 heterocycles. The van der Waals surface area contributed by atoms with Gasteiger partial charge in [-0.3, -0.25) is 0 Å². The first-order chi connectivity index (χ1) is 10.2. The van der Waals surface area contributed by atoms with E-state index in [1.807, 2.05) is 0 Å². The van der Waals surface area contributed by atoms with Gasteiger partial charge in [-0.25, -0.2) is 0 Å². The van der Waals surface area contributed by atoms with E-state index >= 15 is 0 Å². The molecule has 1 fully saturated rings. The molecule has 2 nitrogen and oxygen atoms in total. The highest BCUT2D eigenvalue weighted by Gasteiger charge is 2.33. The Labute approximate surface area is 129 Å². The predicted molar refractivity (Wildman–Crippen MR) is 87.7 cm³/mol. The quantitative estimate of drug-likeness (QED) is 0.823. The van der Waals surface area contributed by atoms with E-state index in [1.54, 1.807) is 0 Å². The lowest BCUT2D eigenvalue weighted by Gasteiger charge is -2.35. The third-order valence-electron chi connectivity index (χ3n) is 5.65. The zero-order valence-electron chi connectivity index (χ0n) is 13.3. The number of nitrogens with two attached hydrogens (primary N) is 1. The number of fused-ring (bicyclic) bond motifs is 1. The molecule has 1 aromatic carbocycles. The second kappa shape index (κ2) is 6.39. The normalized spacial score (nSPS) is 32.9. The van der Waals surface area contributed by atoms with Crippen molar-refractivity contribution in [1.82, 2.24) is 0 Å². The standard InChI is InChI=1S/C19H29NO/c1-2-15-6-5-11-19(20,12-9-15)14-16-10-13-21-18-8-4-3-7-17(16)18/h3-4,7-8,15-16H,2,5-6,9-14,20H2,1H3. The Kier molecular flexibility index (Phi) is 4.54. The van der Waals surface area contributed by atoms with Gasteiger partial charge in [0, 0.05) is 5.54 Å². The maximum Gasteiger partial charge on any atom is 0.122 e. The topological polar surface area (TPSA) is 35.2 Å². The van der Waals surface area contributed by atoms with E-state index in [0.29, 0.717) is 5.92 Å². The Morgan fingerprint density at radius 1 is 1.19 bits per heavy atom. The Hall–Kier alpha value is -1.02. The molecule has 0 amide bonds. The molecule has 3 rings (SSSR count). The Bertz CT molecular complexity index is 472. The molecule has 0 radical (unpaired) electrons. The second-order valence-corrected chi connectivity index (χ2v) is 7.14. The van der Waals surface area contributed by atoms with E-state index in [4.69, 9.17) is 10.5 Å². The Balaban J connectivity index is 1.71. The van der Waals surface area contributed by atoms with Crippen molar-refractivity contribution < 1.29 is 4.74 Å². The average molecular weight is 287 g/mol. The van der Waals surface area contributed by atoms with Crippen LogP contribution in [0.25, 0.3) is 0 Å². The third kappa shape index (κ3) is 3.42. The first-order valence-electron chi connectivity index (χ1n) is 8.71. The maximum atomic E-state index is 6.82. The third-order valence-corrected chi connectivity index (χ3v) is 5.65. The van der Waals surface area contributed by atoms with Crippen molar-refractivity contribution in [2.45, 2.75) is 69.7 Å². The van der Waals surface area contributed by atoms with Gasteiger partial charge in [0.2, 0.25) is 0 Å². The molecule has 3 atom stereocenters. The summed E-state index contributed by atoms with van der Waals surface area (Å²) in [5, 5.41) is 0. The smallest absolute Gasteiger partial charge is 0.122 e. The average Bonchev–Trinajstić information content (AvgIpc) is 2.69. The van der Waals surface area contributed by atoms with Gasteiger partial charge < -0.3 is 10.5 Å². The van der Waals surface area contributed by atoms with Crippen molar-refractivity contribution in [2.24, 2.45) is 11.7 Å². The molecular weight excluding hydrogens is 258 g/mol. The van der Waals surface area contributed by atoms with Crippen LogP contribution in [-0.2, 0) is 0 Å². The molecule has 0 aromatic heterocycles. The highest BCUT2D eigenvalue weighted by atomic mass is 16.5. The van der Waals surface area contributed by atoms with Crippen molar-refractivity contribution >= 4 is 0 Å². The lowest BCUT2D eigenvalue weighted by molar-refractivity contribution is 0.232. The fourth-order valence-corrected chi connectivity index (χ4v) is 4.23. The second-order valence-electron chi connectivity index (χ2n) is 7.14. The highest BCUT2D eigenvalue weighted by Crippen LogP contribution is 2.41. The van der Waals surface area contributed by atoms with Gasteiger partial charge in [0.05, 0.1) is 6.61 Å². The van der Waals surface area contributed by atoms with E-state index in [9.17, 15) is 0 Å². The van der Waals surface area contributed by atoms with Crippen molar-refractivity contribution in [2.75, 3.05) is 6.61 Å². The number of ether oxygens (including phenoxy) is 1. The van der Waals surface area contributed by atoms with E-state index < -0.39 is 0 Å². The number of hydrogen-bond acceptors (Lipinski definition) is 2. The summed E-state index contributed by atoms with van der Waals surface area (Å²) in [6, 6.07) is 8.53. The van der Waals surface area contributed by atoms with E-state index in [2.05, 4.69) is 31.2 Å². The van der Waals surface area contributed by atoms with Crippen LogP contribution in [0.4, 0.5) is 0 Å². The van der Waals surface area contributed by atoms with E-state index in [1.165, 1.54) is 44.1 Å². The zero-order chi connectivity index (χ0) is 14.7. The molecule has 0 saturated heterocycles. The molecule has 1 aliphatic heterocycles. The fourth-order valence-electron chi connectivity index (χ4n) is 4.23. The van der Waals surface area contributed by atoms with Gasteiger partial charge in [0.15, 0.2) is 0 Å². The molecule has 116 valence electrons. The molecule has 3 unspecified atom stereocenters. The summed E-state index contributed by atoms with van der Waals surface area (Å²) in [6.45, 7) is 3.16. The molecule has 21 heavy (non-hydrogen) atoms. The summed E-state index contributed by atoms with van der Waals surface area (Å²) in [7, 11) is 0. The first-order valence-corrected chi connectivity index (χ1v) is 8.71. The van der Waals surface area contributed by atoms with Crippen LogP contribution in [-0.4, -0.2) is 12.1 Å². The van der Waals surface area contributed by atoms with Gasteiger partial charge in [-0.05, 0) is 55.6 Å². The lowest BCUT2D eigenvalue weighted by atomic mass is 9.77. The van der Waals surface area contributed by atoms with Crippen molar-refractivity contribution in [3.8, 4) is 5.75 Å². The van der Waals surface area contributed by atoms with Gasteiger partial charge in [-0.15, -0.1) is 0 Å². The minimum atomic E-state index is 0.0407. The number of hydrogen-bond donors (Lipinski definition) is 1. The van der Waals surface area contributed by atoms with Gasteiger partial charge in [0.25, 0.3) is 0 Å². The minimum Gasteiger partial charge on any atom is -0.493 e. The molecule has 1 saturated carbocycles. The lowest BCUT2D eigenvalue weighted by Crippen LogP contribution is -2.41. The van der Waals surface area contributed by atoms with Crippen LogP contribution in [0.15, 0.2) is 24.3 Å². The van der Waals surface area contributed by atoms with Crippen LogP contribution in [0.3, 0.4) is 0 Å². The van der Waals surface area contributed by atoms with Crippen LogP contribution in [0, 0.1) is 5.92 Å². The molecule has 1 aromatic rings. The van der Waals surface area contributed by atoms with Gasteiger partial charge in [-0.2, -0.15) is 0 Å². The summed E-state index contributed by atoms with van der Waals surface area (Å²) >= 11 is 0. The summed E-state index contributed by atoms with van der Waals surface area (Å²) < 4.78 is 5.79. The molecule has 0 bridgehead atoms. The van der Waals surface area contributed by atoms with E-state index in [-0.39, 0.29) is 5.54 Å². The largest absolute Gasteiger partial charge is 0.493 e. The SMILES string of the molecule is CCC1CCCC(N)(CC2CCOc3ccccc32)CC1. The number of para-hydroxylation sites is 1. The zero-order valence-corrected chi connectivity index (χ0v) is 13.3. The number of rotatable bonds is 3. The fraction of sp³-hybridized carbons (Fsp3) is 0.684. The van der Waals surface area contributed by atoms with Crippen LogP contribution in [0.1, 0.15) is 69.8 Å². The van der Waals surface area contributed by atoms with Crippen molar-refractivity contribution in [3.63, 3.8) is 0 Å². The molecule has 2 aliphatic rings. The van der Waals surface area contributed by atoms with E-state index in [0.717, 1.165) is 31.1 Å². The molecule has 0 spiro atoms. The highest BCUT2D eigenvalue weighted by molar-refractivity contribution is 5.38. The van der Waals surface area contributed by atoms with Gasteiger partial charge >= 0.3 is 0 Å². The maximum absolute atomic E-state index is 6.82. The Morgan fingerprint density at radius 3 is 2.90 bits per heavy atom. The monoisotopic (exact) mass is 287 g/mol. The summed E-state index contributed by atoms with van der Waals surface area (Å²) in [6.07, 6.45) is 9.96. The van der Waals surface area contributed by atoms with Crippen LogP contribution in [0.2, 0.25) is 0 Å². The molecule has 2 N–H and O–H groups in total. The molecule has 2 heteroatoms. The summed E-state index contributed by atoms with van der Waals surface area (Å²) in [5.41, 5.74) is 8.24. The Morgan fingerprint density at radius 2 is 2.05 bits per heavy atom. The van der Waals surface area contributed by atoms with Gasteiger partial charge in [-0.1, -0.05) is 44.4 Å². The van der Waals surface area contributed by atoms with Crippen molar-refractivity contribution in [3.05, 3.63) is 29.8 Å². The van der Waals surface area contributed by atoms with Crippen LogP contribution < -0.4 is 10.5 Å². The van der Waals surface area contributed by atoms with Crippen LogP contribution in [0.5, 0.6) is 5.75 Å². The summed E-state index contributed by atoms with van der Waals surface area (Å²) in [5.74, 6) is 2.56. The molecule has 1 aliphatic carbocycles.